The number of carbonyl (C=O) groups excluding carboxylic acids is 1. The largest absolute Gasteiger partial charge is 0.472 e. The van der Waals surface area contributed by atoms with Gasteiger partial charge in [0.25, 0.3) is 0 Å². The van der Waals surface area contributed by atoms with E-state index in [4.69, 9.17) is 13.8 Å². The predicted octanol–water partition coefficient (Wildman–Crippen LogP) is 1.73. The maximum absolute atomic E-state index is 11.5. The number of quaternary nitrogens is 1. The number of esters is 1. The third kappa shape index (κ3) is 14.0. The first kappa shape index (κ1) is 20.3. The van der Waals surface area contributed by atoms with Gasteiger partial charge in [0.05, 0.1) is 34.4 Å². The van der Waals surface area contributed by atoms with E-state index in [1.807, 2.05) is 21.1 Å². The Labute approximate surface area is 126 Å². The third-order valence-corrected chi connectivity index (χ3v) is 3.49. The average Bonchev–Trinajstić information content (AvgIpc) is 2.35. The summed E-state index contributed by atoms with van der Waals surface area (Å²) < 4.78 is 26.7. The fraction of sp³-hybridized carbons (Fsp3) is 0.769. The Morgan fingerprint density at radius 2 is 1.71 bits per heavy atom. The second kappa shape index (κ2) is 10.1. The van der Waals surface area contributed by atoms with Gasteiger partial charge in [0, 0.05) is 6.08 Å². The first-order valence-electron chi connectivity index (χ1n) is 6.88. The topological polar surface area (TPSA) is 82.1 Å². The van der Waals surface area contributed by atoms with Gasteiger partial charge in [-0.25, -0.2) is 9.36 Å². The SMILES string of the molecule is C=CC(=O)OCCCCCOP(=O)(O)OCC[N+](C)(C)C. The molecule has 0 aromatic carbocycles. The molecule has 0 aromatic heterocycles. The van der Waals surface area contributed by atoms with E-state index < -0.39 is 13.8 Å². The number of carbonyl (C=O) groups is 1. The second-order valence-electron chi connectivity index (χ2n) is 5.58. The first-order valence-corrected chi connectivity index (χ1v) is 8.37. The number of phosphoric ester groups is 1. The summed E-state index contributed by atoms with van der Waals surface area (Å²) in [4.78, 5) is 20.2. The fourth-order valence-electron chi connectivity index (χ4n) is 1.26. The molecule has 0 aliphatic heterocycles. The van der Waals surface area contributed by atoms with E-state index >= 15 is 0 Å². The van der Waals surface area contributed by atoms with Gasteiger partial charge < -0.3 is 14.1 Å². The molecule has 1 unspecified atom stereocenters. The van der Waals surface area contributed by atoms with Gasteiger partial charge in [-0.1, -0.05) is 6.58 Å². The summed E-state index contributed by atoms with van der Waals surface area (Å²) in [6.45, 7) is 4.50. The minimum Gasteiger partial charge on any atom is -0.463 e. The van der Waals surface area contributed by atoms with Gasteiger partial charge in [-0.3, -0.25) is 9.05 Å². The Bertz CT molecular complexity index is 366. The number of phosphoric acid groups is 1. The average molecular weight is 324 g/mol. The highest BCUT2D eigenvalue weighted by Gasteiger charge is 2.21. The fourth-order valence-corrected chi connectivity index (χ4v) is 2.01. The molecule has 0 bridgehead atoms. The molecule has 0 aliphatic carbocycles. The van der Waals surface area contributed by atoms with E-state index in [-0.39, 0.29) is 13.2 Å². The quantitative estimate of drug-likeness (QED) is 0.194. The van der Waals surface area contributed by atoms with Crippen molar-refractivity contribution in [3.8, 4) is 0 Å². The molecule has 0 aliphatic rings. The summed E-state index contributed by atoms with van der Waals surface area (Å²) in [6.07, 6.45) is 3.10. The van der Waals surface area contributed by atoms with E-state index in [2.05, 4.69) is 6.58 Å². The van der Waals surface area contributed by atoms with Crippen molar-refractivity contribution in [1.29, 1.82) is 0 Å². The van der Waals surface area contributed by atoms with Crippen molar-refractivity contribution in [3.63, 3.8) is 0 Å². The molecule has 1 N–H and O–H groups in total. The molecule has 21 heavy (non-hydrogen) atoms. The molecule has 0 rings (SSSR count). The molecule has 0 radical (unpaired) electrons. The van der Waals surface area contributed by atoms with Crippen LogP contribution in [0.25, 0.3) is 0 Å². The van der Waals surface area contributed by atoms with Gasteiger partial charge in [0.2, 0.25) is 0 Å². The zero-order valence-electron chi connectivity index (χ0n) is 13.1. The van der Waals surface area contributed by atoms with Gasteiger partial charge >= 0.3 is 13.8 Å². The van der Waals surface area contributed by atoms with Crippen LogP contribution in [0.1, 0.15) is 19.3 Å². The molecular formula is C13H27NO6P+. The number of ether oxygens (including phenoxy) is 1. The normalized spacial score (nSPS) is 14.5. The molecule has 7 nitrogen and oxygen atoms in total. The van der Waals surface area contributed by atoms with Crippen LogP contribution in [0.5, 0.6) is 0 Å². The molecule has 0 spiro atoms. The summed E-state index contributed by atoms with van der Waals surface area (Å²) >= 11 is 0. The van der Waals surface area contributed by atoms with E-state index in [9.17, 15) is 14.3 Å². The Kier molecular flexibility index (Phi) is 9.74. The zero-order valence-corrected chi connectivity index (χ0v) is 14.0. The van der Waals surface area contributed by atoms with Gasteiger partial charge in [0.15, 0.2) is 0 Å². The third-order valence-electron chi connectivity index (χ3n) is 2.47. The summed E-state index contributed by atoms with van der Waals surface area (Å²) in [5, 5.41) is 0. The summed E-state index contributed by atoms with van der Waals surface area (Å²) in [5.74, 6) is -0.447. The molecule has 1 atom stereocenters. The maximum atomic E-state index is 11.5. The van der Waals surface area contributed by atoms with Crippen molar-refractivity contribution >= 4 is 13.8 Å². The lowest BCUT2D eigenvalue weighted by Gasteiger charge is -2.24. The highest BCUT2D eigenvalue weighted by molar-refractivity contribution is 7.47. The van der Waals surface area contributed by atoms with Crippen LogP contribution < -0.4 is 0 Å². The van der Waals surface area contributed by atoms with Crippen LogP contribution in [0.4, 0.5) is 0 Å². The number of likely N-dealkylation sites (N-methyl/N-ethyl adjacent to an activating group) is 1. The molecule has 0 saturated carbocycles. The standard InChI is InChI=1S/C13H26NO6P/c1-5-13(15)18-10-7-6-8-11-19-21(16,17)20-12-9-14(2,3)4/h5H,1,6-12H2,2-4H3/p+1. The minimum atomic E-state index is -3.96. The monoisotopic (exact) mass is 324 g/mol. The van der Waals surface area contributed by atoms with Crippen LogP contribution in [0, 0.1) is 0 Å². The first-order chi connectivity index (χ1) is 9.66. The lowest BCUT2D eigenvalue weighted by Crippen LogP contribution is -2.37. The van der Waals surface area contributed by atoms with Crippen LogP contribution in [-0.2, 0) is 23.1 Å². The molecule has 0 saturated heterocycles. The van der Waals surface area contributed by atoms with E-state index in [1.54, 1.807) is 0 Å². The Morgan fingerprint density at radius 3 is 2.29 bits per heavy atom. The molecule has 0 fully saturated rings. The van der Waals surface area contributed by atoms with Gasteiger partial charge in [-0.15, -0.1) is 0 Å². The molecule has 0 heterocycles. The number of nitrogens with zero attached hydrogens (tertiary/aromatic N) is 1. The van der Waals surface area contributed by atoms with Crippen LogP contribution in [-0.4, -0.2) is 62.9 Å². The highest BCUT2D eigenvalue weighted by atomic mass is 31.2. The highest BCUT2D eigenvalue weighted by Crippen LogP contribution is 2.43. The molecule has 0 amide bonds. The van der Waals surface area contributed by atoms with Crippen LogP contribution in [0.2, 0.25) is 0 Å². The Hall–Kier alpha value is -0.720. The van der Waals surface area contributed by atoms with Crippen molar-refractivity contribution in [2.75, 3.05) is 47.5 Å². The van der Waals surface area contributed by atoms with Crippen molar-refractivity contribution in [2.24, 2.45) is 0 Å². The zero-order chi connectivity index (χ0) is 16.4. The van der Waals surface area contributed by atoms with Gasteiger partial charge in [-0.05, 0) is 19.3 Å². The molecular weight excluding hydrogens is 297 g/mol. The van der Waals surface area contributed by atoms with Crippen LogP contribution >= 0.6 is 7.82 Å². The summed E-state index contributed by atoms with van der Waals surface area (Å²) in [5.41, 5.74) is 0. The minimum absolute atomic E-state index is 0.132. The Morgan fingerprint density at radius 1 is 1.14 bits per heavy atom. The van der Waals surface area contributed by atoms with Crippen molar-refractivity contribution in [2.45, 2.75) is 19.3 Å². The number of rotatable bonds is 12. The van der Waals surface area contributed by atoms with Gasteiger partial charge in [-0.2, -0.15) is 0 Å². The van der Waals surface area contributed by atoms with E-state index in [0.717, 1.165) is 12.5 Å². The van der Waals surface area contributed by atoms with Crippen molar-refractivity contribution < 1.29 is 32.5 Å². The molecule has 124 valence electrons. The van der Waals surface area contributed by atoms with E-state index in [0.29, 0.717) is 30.5 Å². The smallest absolute Gasteiger partial charge is 0.463 e. The predicted molar refractivity (Wildman–Crippen MR) is 79.6 cm³/mol. The van der Waals surface area contributed by atoms with Crippen LogP contribution in [0.15, 0.2) is 12.7 Å². The van der Waals surface area contributed by atoms with Gasteiger partial charge in [0.1, 0.15) is 13.2 Å². The molecule has 0 aromatic rings. The van der Waals surface area contributed by atoms with Crippen molar-refractivity contribution in [1.82, 2.24) is 0 Å². The number of unbranched alkanes of at least 4 members (excludes halogenated alkanes) is 2. The summed E-state index contributed by atoms with van der Waals surface area (Å²) in [6, 6.07) is 0. The number of hydrogen-bond donors (Lipinski definition) is 1. The molecule has 8 heteroatoms. The van der Waals surface area contributed by atoms with Crippen molar-refractivity contribution in [3.05, 3.63) is 12.7 Å². The number of hydrogen-bond acceptors (Lipinski definition) is 5. The second-order valence-corrected chi connectivity index (χ2v) is 7.03. The Balaban J connectivity index is 3.59. The summed E-state index contributed by atoms with van der Waals surface area (Å²) in [7, 11) is 1.93. The lowest BCUT2D eigenvalue weighted by atomic mass is 10.2. The lowest BCUT2D eigenvalue weighted by molar-refractivity contribution is -0.870. The van der Waals surface area contributed by atoms with E-state index in [1.165, 1.54) is 0 Å². The maximum Gasteiger partial charge on any atom is 0.472 e. The van der Waals surface area contributed by atoms with Crippen LogP contribution in [0.3, 0.4) is 0 Å².